The SMILES string of the molecule is CC(C)c1ccc(N2C[C@H](CS(=O)(=O)F)[C@H]2C)c2cnc(Nc3ccnc(-c4cnn(C5CC5)c4)n3)cc12. The summed E-state index contributed by atoms with van der Waals surface area (Å²) >= 11 is 0. The highest BCUT2D eigenvalue weighted by Crippen LogP contribution is 2.40. The number of hydrogen-bond acceptors (Lipinski definition) is 8. The Morgan fingerprint density at radius 1 is 1.11 bits per heavy atom. The van der Waals surface area contributed by atoms with Gasteiger partial charge in [-0.15, -0.1) is 3.89 Å². The largest absolute Gasteiger partial charge is 0.368 e. The molecule has 6 rings (SSSR count). The Morgan fingerprint density at radius 2 is 1.92 bits per heavy atom. The summed E-state index contributed by atoms with van der Waals surface area (Å²) in [7, 11) is -4.50. The molecule has 198 valence electrons. The molecule has 38 heavy (non-hydrogen) atoms. The van der Waals surface area contributed by atoms with Crippen LogP contribution < -0.4 is 10.2 Å². The van der Waals surface area contributed by atoms with Crippen LogP contribution in [-0.4, -0.2) is 51.5 Å². The molecule has 0 radical (unpaired) electrons. The number of halogens is 1. The van der Waals surface area contributed by atoms with E-state index >= 15 is 0 Å². The van der Waals surface area contributed by atoms with Crippen molar-refractivity contribution in [2.75, 3.05) is 22.5 Å². The van der Waals surface area contributed by atoms with E-state index in [1.54, 1.807) is 18.5 Å². The lowest BCUT2D eigenvalue weighted by atomic mass is 9.88. The van der Waals surface area contributed by atoms with Crippen molar-refractivity contribution >= 4 is 38.3 Å². The Bertz CT molecular complexity index is 1620. The minimum Gasteiger partial charge on any atom is -0.368 e. The van der Waals surface area contributed by atoms with Gasteiger partial charge < -0.3 is 10.2 Å². The van der Waals surface area contributed by atoms with Crippen LogP contribution in [0.1, 0.15) is 51.1 Å². The molecule has 2 atom stereocenters. The van der Waals surface area contributed by atoms with E-state index in [-0.39, 0.29) is 17.9 Å². The standard InChI is InChI=1S/C27H30FN7O2S/c1-16(2)21-6-7-24(34-13-19(17(34)3)15-38(28,36)37)23-12-30-26(10-22(21)23)32-25-8-9-29-27(33-25)18-11-31-35(14-18)20-4-5-20/h6-12,14,16-17,19-20H,4-5,13,15H2,1-3H3,(H,29,30,32,33)/t17-,19-/m1/s1. The van der Waals surface area contributed by atoms with Gasteiger partial charge in [-0.25, -0.2) is 15.0 Å². The quantitative estimate of drug-likeness (QED) is 0.306. The second-order valence-electron chi connectivity index (χ2n) is 10.6. The van der Waals surface area contributed by atoms with Crippen LogP contribution in [0.5, 0.6) is 0 Å². The van der Waals surface area contributed by atoms with E-state index in [1.807, 2.05) is 30.1 Å². The first-order valence-corrected chi connectivity index (χ1v) is 14.5. The number of nitrogens with zero attached hydrogens (tertiary/aromatic N) is 6. The van der Waals surface area contributed by atoms with Gasteiger partial charge in [-0.05, 0) is 54.8 Å². The number of aromatic nitrogens is 5. The number of benzene rings is 1. The average Bonchev–Trinajstić information content (AvgIpc) is 3.61. The van der Waals surface area contributed by atoms with Gasteiger partial charge in [0.25, 0.3) is 0 Å². The zero-order valence-corrected chi connectivity index (χ0v) is 22.4. The molecule has 9 nitrogen and oxygen atoms in total. The highest BCUT2D eigenvalue weighted by Gasteiger charge is 2.39. The molecule has 1 aliphatic heterocycles. The third-order valence-electron chi connectivity index (χ3n) is 7.55. The van der Waals surface area contributed by atoms with Crippen molar-refractivity contribution in [1.29, 1.82) is 0 Å². The minimum absolute atomic E-state index is 0.0878. The maximum atomic E-state index is 13.3. The lowest BCUT2D eigenvalue weighted by Crippen LogP contribution is -2.57. The number of fused-ring (bicyclic) bond motifs is 1. The van der Waals surface area contributed by atoms with Crippen molar-refractivity contribution in [2.24, 2.45) is 5.92 Å². The monoisotopic (exact) mass is 535 g/mol. The topological polar surface area (TPSA) is 106 Å². The summed E-state index contributed by atoms with van der Waals surface area (Å²) in [6, 6.07) is 8.40. The molecule has 1 saturated heterocycles. The third kappa shape index (κ3) is 4.82. The van der Waals surface area contributed by atoms with Crippen LogP contribution in [0.2, 0.25) is 0 Å². The summed E-state index contributed by atoms with van der Waals surface area (Å²) in [6.07, 6.45) is 9.67. The Hall–Kier alpha value is -3.60. The molecule has 1 N–H and O–H groups in total. The average molecular weight is 536 g/mol. The fourth-order valence-corrected chi connectivity index (χ4v) is 6.11. The molecule has 0 spiro atoms. The molecule has 0 unspecified atom stereocenters. The molecule has 4 aromatic rings. The van der Waals surface area contributed by atoms with E-state index < -0.39 is 16.0 Å². The Balaban J connectivity index is 1.29. The summed E-state index contributed by atoms with van der Waals surface area (Å²) in [5, 5.41) is 9.80. The first-order chi connectivity index (χ1) is 18.2. The van der Waals surface area contributed by atoms with Crippen LogP contribution in [0.4, 0.5) is 21.2 Å². The van der Waals surface area contributed by atoms with Crippen molar-refractivity contribution in [1.82, 2.24) is 24.7 Å². The predicted molar refractivity (Wildman–Crippen MR) is 146 cm³/mol. The van der Waals surface area contributed by atoms with E-state index in [9.17, 15) is 12.3 Å². The van der Waals surface area contributed by atoms with Crippen molar-refractivity contribution in [2.45, 2.75) is 51.6 Å². The summed E-state index contributed by atoms with van der Waals surface area (Å²) < 4.78 is 37.6. The van der Waals surface area contributed by atoms with E-state index in [0.29, 0.717) is 30.0 Å². The highest BCUT2D eigenvalue weighted by molar-refractivity contribution is 7.86. The van der Waals surface area contributed by atoms with Crippen molar-refractivity contribution in [3.8, 4) is 11.4 Å². The molecular formula is C27H30FN7O2S. The van der Waals surface area contributed by atoms with Crippen molar-refractivity contribution in [3.05, 3.63) is 54.6 Å². The zero-order chi connectivity index (χ0) is 26.6. The fraction of sp³-hybridized carbons (Fsp3) is 0.407. The predicted octanol–water partition coefficient (Wildman–Crippen LogP) is 5.21. The van der Waals surface area contributed by atoms with Crippen molar-refractivity contribution < 1.29 is 12.3 Å². The number of anilines is 3. The molecule has 1 aromatic carbocycles. The molecule has 3 aromatic heterocycles. The van der Waals surface area contributed by atoms with E-state index in [0.717, 1.165) is 34.9 Å². The lowest BCUT2D eigenvalue weighted by molar-refractivity contribution is 0.338. The molecule has 0 amide bonds. The maximum Gasteiger partial charge on any atom is 0.302 e. The van der Waals surface area contributed by atoms with Gasteiger partial charge in [-0.1, -0.05) is 19.9 Å². The van der Waals surface area contributed by atoms with Crippen LogP contribution in [-0.2, 0) is 10.2 Å². The highest BCUT2D eigenvalue weighted by atomic mass is 32.3. The van der Waals surface area contributed by atoms with Gasteiger partial charge in [-0.2, -0.15) is 13.5 Å². The summed E-state index contributed by atoms with van der Waals surface area (Å²) in [4.78, 5) is 15.9. The molecule has 1 aliphatic carbocycles. The smallest absolute Gasteiger partial charge is 0.302 e. The first kappa shape index (κ1) is 24.7. The zero-order valence-electron chi connectivity index (χ0n) is 21.5. The lowest BCUT2D eigenvalue weighted by Gasteiger charge is -2.48. The molecular weight excluding hydrogens is 505 g/mol. The molecule has 0 bridgehead atoms. The second kappa shape index (κ2) is 9.30. The van der Waals surface area contributed by atoms with Gasteiger partial charge in [-0.3, -0.25) is 4.68 Å². The molecule has 4 heterocycles. The van der Waals surface area contributed by atoms with E-state index in [1.165, 1.54) is 5.56 Å². The Labute approximate surface area is 221 Å². The van der Waals surface area contributed by atoms with Gasteiger partial charge in [0.2, 0.25) is 0 Å². The molecule has 1 saturated carbocycles. The van der Waals surface area contributed by atoms with Gasteiger partial charge in [0.05, 0.1) is 23.6 Å². The van der Waals surface area contributed by atoms with Crippen LogP contribution in [0, 0.1) is 5.92 Å². The number of pyridine rings is 1. The third-order valence-corrected chi connectivity index (χ3v) is 8.38. The van der Waals surface area contributed by atoms with Gasteiger partial charge in [0, 0.05) is 48.2 Å². The van der Waals surface area contributed by atoms with Crippen LogP contribution >= 0.6 is 0 Å². The summed E-state index contributed by atoms with van der Waals surface area (Å²) in [5.41, 5.74) is 3.03. The van der Waals surface area contributed by atoms with Crippen LogP contribution in [0.15, 0.2) is 49.1 Å². The molecule has 2 aliphatic rings. The van der Waals surface area contributed by atoms with Gasteiger partial charge in [0.1, 0.15) is 11.6 Å². The Morgan fingerprint density at radius 3 is 2.63 bits per heavy atom. The Kier molecular flexibility index (Phi) is 6.05. The summed E-state index contributed by atoms with van der Waals surface area (Å²) in [6.45, 7) is 6.72. The minimum atomic E-state index is -4.50. The normalized spacial score (nSPS) is 19.7. The van der Waals surface area contributed by atoms with E-state index in [4.69, 9.17) is 0 Å². The van der Waals surface area contributed by atoms with Crippen LogP contribution in [0.25, 0.3) is 22.2 Å². The number of rotatable bonds is 8. The first-order valence-electron chi connectivity index (χ1n) is 12.9. The second-order valence-corrected chi connectivity index (χ2v) is 12.0. The molecule has 11 heteroatoms. The van der Waals surface area contributed by atoms with Gasteiger partial charge in [0.15, 0.2) is 5.82 Å². The van der Waals surface area contributed by atoms with E-state index in [2.05, 4.69) is 56.2 Å². The maximum absolute atomic E-state index is 13.3. The van der Waals surface area contributed by atoms with Crippen molar-refractivity contribution in [3.63, 3.8) is 0 Å². The summed E-state index contributed by atoms with van der Waals surface area (Å²) in [5.74, 6) is 1.50. The fourth-order valence-electron chi connectivity index (χ4n) is 5.21. The number of nitrogens with one attached hydrogen (secondary N) is 1. The molecule has 2 fully saturated rings. The van der Waals surface area contributed by atoms with Gasteiger partial charge >= 0.3 is 10.2 Å². The van der Waals surface area contributed by atoms with Crippen LogP contribution in [0.3, 0.4) is 0 Å². The number of hydrogen-bond donors (Lipinski definition) is 1.